The molecule has 2 aromatic heterocycles. The first-order chi connectivity index (χ1) is 11.1. The molecule has 1 saturated heterocycles. The van der Waals surface area contributed by atoms with Crippen molar-refractivity contribution in [1.29, 1.82) is 0 Å². The Morgan fingerprint density at radius 2 is 2.09 bits per heavy atom. The quantitative estimate of drug-likeness (QED) is 0.775. The average molecular weight is 318 g/mol. The number of hydrogen-bond acceptors (Lipinski definition) is 6. The van der Waals surface area contributed by atoms with E-state index in [0.717, 1.165) is 32.0 Å². The molecule has 8 heteroatoms. The predicted molar refractivity (Wildman–Crippen MR) is 86.7 cm³/mol. The van der Waals surface area contributed by atoms with Gasteiger partial charge in [-0.1, -0.05) is 0 Å². The maximum atomic E-state index is 4.26. The lowest BCUT2D eigenvalue weighted by atomic mass is 10.0. The molecule has 0 radical (unpaired) electrons. The molecule has 0 amide bonds. The molecule has 0 aliphatic carbocycles. The van der Waals surface area contributed by atoms with Crippen molar-refractivity contribution in [2.75, 3.05) is 26.7 Å². The molecule has 126 valence electrons. The Morgan fingerprint density at radius 1 is 1.30 bits per heavy atom. The van der Waals surface area contributed by atoms with Crippen LogP contribution in [0.15, 0.2) is 18.5 Å². The van der Waals surface area contributed by atoms with Crippen LogP contribution < -0.4 is 0 Å². The molecule has 0 unspecified atom stereocenters. The standard InChI is InChI=1S/C15H26N8/c1-13(15-17-18-19-21(15)3)20(2)14-5-9-22(10-6-14)11-12-23-8-4-7-16-23/h4,7-8,13-14H,5-6,9-12H2,1-3H3/t13-/m1/s1. The Bertz CT molecular complexity index is 584. The molecule has 1 atom stereocenters. The van der Waals surface area contributed by atoms with Gasteiger partial charge in [-0.2, -0.15) is 5.10 Å². The number of hydrogen-bond donors (Lipinski definition) is 0. The fourth-order valence-corrected chi connectivity index (χ4v) is 3.32. The third-order valence-corrected chi connectivity index (χ3v) is 4.98. The average Bonchev–Trinajstić information content (AvgIpc) is 3.23. The number of rotatable bonds is 6. The molecule has 3 rings (SSSR count). The van der Waals surface area contributed by atoms with Gasteiger partial charge in [0.05, 0.1) is 12.6 Å². The number of likely N-dealkylation sites (tertiary alicyclic amines) is 1. The van der Waals surface area contributed by atoms with Crippen molar-refractivity contribution >= 4 is 0 Å². The van der Waals surface area contributed by atoms with Crippen molar-refractivity contribution in [3.8, 4) is 0 Å². The van der Waals surface area contributed by atoms with Gasteiger partial charge in [0.1, 0.15) is 0 Å². The van der Waals surface area contributed by atoms with Crippen LogP contribution in [-0.2, 0) is 13.6 Å². The van der Waals surface area contributed by atoms with E-state index in [2.05, 4.69) is 44.4 Å². The van der Waals surface area contributed by atoms with Gasteiger partial charge in [-0.05, 0) is 56.4 Å². The maximum absolute atomic E-state index is 4.26. The minimum atomic E-state index is 0.232. The molecule has 0 N–H and O–H groups in total. The van der Waals surface area contributed by atoms with E-state index in [-0.39, 0.29) is 6.04 Å². The van der Waals surface area contributed by atoms with Gasteiger partial charge in [-0.25, -0.2) is 4.68 Å². The van der Waals surface area contributed by atoms with E-state index in [9.17, 15) is 0 Å². The number of aromatic nitrogens is 6. The molecular weight excluding hydrogens is 292 g/mol. The van der Waals surface area contributed by atoms with E-state index in [1.165, 1.54) is 12.8 Å². The van der Waals surface area contributed by atoms with Crippen LogP contribution in [0, 0.1) is 0 Å². The monoisotopic (exact) mass is 318 g/mol. The molecule has 1 fully saturated rings. The summed E-state index contributed by atoms with van der Waals surface area (Å²) in [6.45, 7) is 6.49. The summed E-state index contributed by atoms with van der Waals surface area (Å²) in [6.07, 6.45) is 6.23. The first-order valence-corrected chi connectivity index (χ1v) is 8.29. The summed E-state index contributed by atoms with van der Waals surface area (Å²) in [5.74, 6) is 0.925. The second kappa shape index (κ2) is 7.18. The number of piperidine rings is 1. The van der Waals surface area contributed by atoms with Gasteiger partial charge in [-0.3, -0.25) is 9.58 Å². The Balaban J connectivity index is 1.47. The lowest BCUT2D eigenvalue weighted by molar-refractivity contribution is 0.0952. The molecule has 0 aromatic carbocycles. The maximum Gasteiger partial charge on any atom is 0.167 e. The van der Waals surface area contributed by atoms with Crippen LogP contribution in [0.1, 0.15) is 31.6 Å². The summed E-state index contributed by atoms with van der Waals surface area (Å²) in [5.41, 5.74) is 0. The van der Waals surface area contributed by atoms with Crippen molar-refractivity contribution in [3.05, 3.63) is 24.3 Å². The molecule has 23 heavy (non-hydrogen) atoms. The van der Waals surface area contributed by atoms with E-state index in [0.29, 0.717) is 6.04 Å². The topological polar surface area (TPSA) is 67.9 Å². The Kier molecular flexibility index (Phi) is 5.02. The number of nitrogens with zero attached hydrogens (tertiary/aromatic N) is 8. The van der Waals surface area contributed by atoms with Gasteiger partial charge in [-0.15, -0.1) is 5.10 Å². The zero-order valence-electron chi connectivity index (χ0n) is 14.2. The van der Waals surface area contributed by atoms with Crippen LogP contribution in [0.5, 0.6) is 0 Å². The molecular formula is C15H26N8. The van der Waals surface area contributed by atoms with E-state index < -0.39 is 0 Å². The molecule has 2 aromatic rings. The minimum absolute atomic E-state index is 0.232. The lowest BCUT2D eigenvalue weighted by Crippen LogP contribution is -2.45. The molecule has 0 spiro atoms. The smallest absolute Gasteiger partial charge is 0.167 e. The first-order valence-electron chi connectivity index (χ1n) is 8.29. The van der Waals surface area contributed by atoms with E-state index in [1.807, 2.05) is 30.2 Å². The summed E-state index contributed by atoms with van der Waals surface area (Å²) in [5, 5.41) is 16.1. The predicted octanol–water partition coefficient (Wildman–Crippen LogP) is 0.564. The summed E-state index contributed by atoms with van der Waals surface area (Å²) in [7, 11) is 4.08. The van der Waals surface area contributed by atoms with Gasteiger partial charge in [0, 0.05) is 32.0 Å². The Hall–Kier alpha value is -1.80. The van der Waals surface area contributed by atoms with Gasteiger partial charge in [0.25, 0.3) is 0 Å². The summed E-state index contributed by atoms with van der Waals surface area (Å²) < 4.78 is 3.77. The lowest BCUT2D eigenvalue weighted by Gasteiger charge is -2.38. The van der Waals surface area contributed by atoms with Crippen molar-refractivity contribution in [1.82, 2.24) is 39.8 Å². The third-order valence-electron chi connectivity index (χ3n) is 4.98. The van der Waals surface area contributed by atoms with E-state index in [4.69, 9.17) is 0 Å². The SMILES string of the molecule is C[C@H](c1nnnn1C)N(C)C1CCN(CCn2cccn2)CC1. The van der Waals surface area contributed by atoms with Crippen LogP contribution in [0.2, 0.25) is 0 Å². The van der Waals surface area contributed by atoms with Gasteiger partial charge >= 0.3 is 0 Å². The zero-order chi connectivity index (χ0) is 16.2. The molecule has 1 aliphatic rings. The molecule has 8 nitrogen and oxygen atoms in total. The summed E-state index contributed by atoms with van der Waals surface area (Å²) in [4.78, 5) is 4.94. The Morgan fingerprint density at radius 3 is 2.70 bits per heavy atom. The normalized spacial score (nSPS) is 18.6. The van der Waals surface area contributed by atoms with E-state index >= 15 is 0 Å². The van der Waals surface area contributed by atoms with Gasteiger partial charge in [0.15, 0.2) is 5.82 Å². The van der Waals surface area contributed by atoms with Gasteiger partial charge in [0.2, 0.25) is 0 Å². The highest BCUT2D eigenvalue weighted by Gasteiger charge is 2.27. The van der Waals surface area contributed by atoms with Crippen LogP contribution in [-0.4, -0.2) is 72.5 Å². The van der Waals surface area contributed by atoms with Crippen LogP contribution in [0.4, 0.5) is 0 Å². The minimum Gasteiger partial charge on any atom is -0.301 e. The van der Waals surface area contributed by atoms with Crippen LogP contribution in [0.25, 0.3) is 0 Å². The highest BCUT2D eigenvalue weighted by atomic mass is 15.5. The molecule has 1 aliphatic heterocycles. The van der Waals surface area contributed by atoms with Crippen molar-refractivity contribution in [2.24, 2.45) is 7.05 Å². The summed E-state index contributed by atoms with van der Waals surface area (Å²) in [6, 6.07) is 2.79. The van der Waals surface area contributed by atoms with Crippen LogP contribution >= 0.6 is 0 Å². The largest absolute Gasteiger partial charge is 0.301 e. The molecule has 0 saturated carbocycles. The van der Waals surface area contributed by atoms with E-state index in [1.54, 1.807) is 4.68 Å². The highest BCUT2D eigenvalue weighted by molar-refractivity contribution is 4.92. The third kappa shape index (κ3) is 3.76. The van der Waals surface area contributed by atoms with Crippen molar-refractivity contribution in [2.45, 2.75) is 38.4 Å². The second-order valence-corrected chi connectivity index (χ2v) is 6.34. The Labute approximate surface area is 137 Å². The van der Waals surface area contributed by atoms with Crippen molar-refractivity contribution in [3.63, 3.8) is 0 Å². The number of tetrazole rings is 1. The van der Waals surface area contributed by atoms with Crippen molar-refractivity contribution < 1.29 is 0 Å². The van der Waals surface area contributed by atoms with Crippen LogP contribution in [0.3, 0.4) is 0 Å². The summed E-state index contributed by atoms with van der Waals surface area (Å²) >= 11 is 0. The molecule has 0 bridgehead atoms. The number of aryl methyl sites for hydroxylation is 1. The fraction of sp³-hybridized carbons (Fsp3) is 0.733. The zero-order valence-corrected chi connectivity index (χ0v) is 14.2. The molecule has 3 heterocycles. The van der Waals surface area contributed by atoms with Gasteiger partial charge < -0.3 is 4.90 Å². The highest BCUT2D eigenvalue weighted by Crippen LogP contribution is 2.23. The second-order valence-electron chi connectivity index (χ2n) is 6.34. The fourth-order valence-electron chi connectivity index (χ4n) is 3.32. The first kappa shape index (κ1) is 16.1.